The van der Waals surface area contributed by atoms with E-state index in [1.165, 1.54) is 52.7 Å². The van der Waals surface area contributed by atoms with E-state index in [4.69, 9.17) is 4.74 Å². The van der Waals surface area contributed by atoms with Gasteiger partial charge in [0.25, 0.3) is 5.91 Å². The van der Waals surface area contributed by atoms with Crippen molar-refractivity contribution >= 4 is 44.6 Å². The summed E-state index contributed by atoms with van der Waals surface area (Å²) in [6.07, 6.45) is 2.70. The average Bonchev–Trinajstić information content (AvgIpc) is 3.10. The molecule has 0 unspecified atom stereocenters. The van der Waals surface area contributed by atoms with Gasteiger partial charge in [-0.1, -0.05) is 35.6 Å². The molecule has 1 amide bonds. The molecule has 0 saturated carbocycles. The maximum atomic E-state index is 12.9. The smallest absolute Gasteiger partial charge is 0.331 e. The number of ether oxygens (including phenoxy) is 1. The van der Waals surface area contributed by atoms with Crippen LogP contribution < -0.4 is 4.90 Å². The van der Waals surface area contributed by atoms with Crippen LogP contribution in [0.4, 0.5) is 9.52 Å². The number of hydrogen-bond donors (Lipinski definition) is 0. The number of carbonyl (C=O) groups is 2. The number of aromatic nitrogens is 1. The zero-order chi connectivity index (χ0) is 19.2. The highest BCUT2D eigenvalue weighted by Gasteiger charge is 2.19. The molecule has 27 heavy (non-hydrogen) atoms. The fraction of sp³-hybridized carbons (Fsp3) is 0.150. The Labute approximate surface area is 159 Å². The van der Waals surface area contributed by atoms with E-state index in [2.05, 4.69) is 4.98 Å². The second-order valence-corrected chi connectivity index (χ2v) is 6.60. The molecular weight excluding hydrogens is 367 g/mol. The molecule has 1 heterocycles. The summed E-state index contributed by atoms with van der Waals surface area (Å²) >= 11 is 1.41. The van der Waals surface area contributed by atoms with E-state index in [-0.39, 0.29) is 18.3 Å². The summed E-state index contributed by atoms with van der Waals surface area (Å²) < 4.78 is 18.8. The zero-order valence-electron chi connectivity index (χ0n) is 14.6. The summed E-state index contributed by atoms with van der Waals surface area (Å²) in [7, 11) is 0. The van der Waals surface area contributed by atoms with Crippen LogP contribution in [-0.4, -0.2) is 30.0 Å². The molecule has 0 saturated heterocycles. The summed E-state index contributed by atoms with van der Waals surface area (Å²) in [5.74, 6) is -1.34. The van der Waals surface area contributed by atoms with Gasteiger partial charge in [-0.15, -0.1) is 0 Å². The number of esters is 1. The second kappa shape index (κ2) is 8.55. The number of para-hydroxylation sites is 1. The minimum atomic E-state index is -0.645. The van der Waals surface area contributed by atoms with Crippen LogP contribution in [0.2, 0.25) is 0 Å². The van der Waals surface area contributed by atoms with Crippen molar-refractivity contribution in [2.75, 3.05) is 18.1 Å². The Balaban J connectivity index is 1.59. The molecule has 1 aromatic heterocycles. The molecule has 0 radical (unpaired) electrons. The van der Waals surface area contributed by atoms with E-state index in [1.807, 2.05) is 31.2 Å². The normalized spacial score (nSPS) is 11.0. The van der Waals surface area contributed by atoms with Crippen molar-refractivity contribution < 1.29 is 18.7 Å². The molecule has 5 nitrogen and oxygen atoms in total. The number of carbonyl (C=O) groups excluding carboxylic acids is 2. The molecule has 0 fully saturated rings. The summed E-state index contributed by atoms with van der Waals surface area (Å²) in [6.45, 7) is 1.87. The van der Waals surface area contributed by atoms with Gasteiger partial charge in [-0.05, 0) is 42.8 Å². The van der Waals surface area contributed by atoms with Crippen molar-refractivity contribution in [3.8, 4) is 0 Å². The quantitative estimate of drug-likeness (QED) is 0.475. The van der Waals surface area contributed by atoms with Crippen molar-refractivity contribution in [2.45, 2.75) is 6.92 Å². The van der Waals surface area contributed by atoms with Crippen molar-refractivity contribution in [1.29, 1.82) is 0 Å². The average molecular weight is 384 g/mol. The maximum absolute atomic E-state index is 12.9. The van der Waals surface area contributed by atoms with Crippen molar-refractivity contribution in [3.63, 3.8) is 0 Å². The Morgan fingerprint density at radius 3 is 2.63 bits per heavy atom. The SMILES string of the molecule is CCN(C(=O)COC(=O)/C=C/c1ccc(F)cc1)c1nc2ccccc2s1. The van der Waals surface area contributed by atoms with Gasteiger partial charge in [-0.2, -0.15) is 0 Å². The van der Waals surface area contributed by atoms with Gasteiger partial charge in [-0.3, -0.25) is 9.69 Å². The van der Waals surface area contributed by atoms with E-state index < -0.39 is 5.97 Å². The lowest BCUT2D eigenvalue weighted by molar-refractivity contribution is -0.142. The number of hydrogen-bond acceptors (Lipinski definition) is 5. The maximum Gasteiger partial charge on any atom is 0.331 e. The Hall–Kier alpha value is -3.06. The van der Waals surface area contributed by atoms with Crippen LogP contribution in [0.25, 0.3) is 16.3 Å². The Morgan fingerprint density at radius 1 is 1.19 bits per heavy atom. The molecule has 0 N–H and O–H groups in total. The van der Waals surface area contributed by atoms with Gasteiger partial charge in [0, 0.05) is 12.6 Å². The lowest BCUT2D eigenvalue weighted by Gasteiger charge is -2.17. The van der Waals surface area contributed by atoms with Gasteiger partial charge in [-0.25, -0.2) is 14.2 Å². The van der Waals surface area contributed by atoms with Crippen LogP contribution in [0, 0.1) is 5.82 Å². The van der Waals surface area contributed by atoms with E-state index in [0.29, 0.717) is 17.2 Å². The highest BCUT2D eigenvalue weighted by atomic mass is 32.1. The first kappa shape index (κ1) is 18.7. The topological polar surface area (TPSA) is 59.5 Å². The summed E-state index contributed by atoms with van der Waals surface area (Å²) in [5.41, 5.74) is 1.48. The van der Waals surface area contributed by atoms with Crippen LogP contribution in [0.1, 0.15) is 12.5 Å². The second-order valence-electron chi connectivity index (χ2n) is 5.59. The molecule has 3 aromatic rings. The van der Waals surface area contributed by atoms with E-state index in [9.17, 15) is 14.0 Å². The van der Waals surface area contributed by atoms with Gasteiger partial charge in [0.15, 0.2) is 11.7 Å². The van der Waals surface area contributed by atoms with Crippen LogP contribution in [0.5, 0.6) is 0 Å². The fourth-order valence-corrected chi connectivity index (χ4v) is 3.44. The van der Waals surface area contributed by atoms with Gasteiger partial charge in [0.2, 0.25) is 0 Å². The monoisotopic (exact) mass is 384 g/mol. The first-order chi connectivity index (χ1) is 13.1. The number of benzene rings is 2. The third kappa shape index (κ3) is 4.77. The van der Waals surface area contributed by atoms with Gasteiger partial charge >= 0.3 is 5.97 Å². The van der Waals surface area contributed by atoms with E-state index in [1.54, 1.807) is 0 Å². The van der Waals surface area contributed by atoms with Crippen LogP contribution in [-0.2, 0) is 14.3 Å². The number of likely N-dealkylation sites (N-methyl/N-ethyl adjacent to an activating group) is 1. The first-order valence-electron chi connectivity index (χ1n) is 8.33. The predicted octanol–water partition coefficient (Wildman–Crippen LogP) is 4.04. The lowest BCUT2D eigenvalue weighted by atomic mass is 10.2. The standard InChI is InChI=1S/C20H17FN2O3S/c1-2-23(20-22-16-5-3-4-6-17(16)27-20)18(24)13-26-19(25)12-9-14-7-10-15(21)11-8-14/h3-12H,2,13H2,1H3/b12-9+. The minimum Gasteiger partial charge on any atom is -0.452 e. The number of anilines is 1. The van der Waals surface area contributed by atoms with Crippen molar-refractivity contribution in [3.05, 3.63) is 66.0 Å². The molecule has 0 aliphatic rings. The molecule has 7 heteroatoms. The third-order valence-electron chi connectivity index (χ3n) is 3.75. The highest BCUT2D eigenvalue weighted by Crippen LogP contribution is 2.28. The number of fused-ring (bicyclic) bond motifs is 1. The Bertz CT molecular complexity index is 949. The van der Waals surface area contributed by atoms with Gasteiger partial charge < -0.3 is 4.74 Å². The summed E-state index contributed by atoms with van der Waals surface area (Å²) in [4.78, 5) is 30.2. The first-order valence-corrected chi connectivity index (χ1v) is 9.15. The fourth-order valence-electron chi connectivity index (χ4n) is 2.39. The molecule has 0 aliphatic heterocycles. The summed E-state index contributed by atoms with van der Waals surface area (Å²) in [5, 5.41) is 0.571. The largest absolute Gasteiger partial charge is 0.452 e. The highest BCUT2D eigenvalue weighted by molar-refractivity contribution is 7.22. The third-order valence-corrected chi connectivity index (χ3v) is 4.81. The molecular formula is C20H17FN2O3S. The lowest BCUT2D eigenvalue weighted by Crippen LogP contribution is -2.34. The molecule has 0 bridgehead atoms. The number of rotatable bonds is 6. The van der Waals surface area contributed by atoms with Gasteiger partial charge in [0.1, 0.15) is 5.82 Å². The molecule has 138 valence electrons. The van der Waals surface area contributed by atoms with Crippen molar-refractivity contribution in [2.24, 2.45) is 0 Å². The Morgan fingerprint density at radius 2 is 1.93 bits per heavy atom. The van der Waals surface area contributed by atoms with Gasteiger partial charge in [0.05, 0.1) is 10.2 Å². The van der Waals surface area contributed by atoms with Crippen LogP contribution >= 0.6 is 11.3 Å². The molecule has 0 atom stereocenters. The predicted molar refractivity (Wildman–Crippen MR) is 104 cm³/mol. The summed E-state index contributed by atoms with van der Waals surface area (Å²) in [6, 6.07) is 13.3. The molecule has 2 aromatic carbocycles. The number of nitrogens with zero attached hydrogens (tertiary/aromatic N) is 2. The zero-order valence-corrected chi connectivity index (χ0v) is 15.4. The molecule has 0 spiro atoms. The number of thiazole rings is 1. The van der Waals surface area contributed by atoms with Crippen LogP contribution in [0.3, 0.4) is 0 Å². The van der Waals surface area contributed by atoms with E-state index >= 15 is 0 Å². The Kier molecular flexibility index (Phi) is 5.93. The van der Waals surface area contributed by atoms with E-state index in [0.717, 1.165) is 10.2 Å². The number of halogens is 1. The van der Waals surface area contributed by atoms with Crippen molar-refractivity contribution in [1.82, 2.24) is 4.98 Å². The molecule has 0 aliphatic carbocycles. The number of amides is 1. The van der Waals surface area contributed by atoms with Crippen LogP contribution in [0.15, 0.2) is 54.6 Å². The molecule has 3 rings (SSSR count). The minimum absolute atomic E-state index is 0.347.